The first-order valence-electron chi connectivity index (χ1n) is 7.06. The largest absolute Gasteiger partial charge is 0.382 e. The minimum Gasteiger partial charge on any atom is -0.382 e. The van der Waals surface area contributed by atoms with Crippen molar-refractivity contribution in [2.24, 2.45) is 0 Å². The number of nitrogens with zero attached hydrogens (tertiary/aromatic N) is 1. The lowest BCUT2D eigenvalue weighted by Crippen LogP contribution is -2.47. The number of amides is 1. The van der Waals surface area contributed by atoms with E-state index in [9.17, 15) is 9.18 Å². The molecule has 1 aliphatic rings. The van der Waals surface area contributed by atoms with Crippen molar-refractivity contribution in [3.63, 3.8) is 0 Å². The van der Waals surface area contributed by atoms with Crippen molar-refractivity contribution < 1.29 is 13.9 Å². The molecule has 4 nitrogen and oxygen atoms in total. The number of rotatable bonds is 4. The van der Waals surface area contributed by atoms with Gasteiger partial charge in [-0.25, -0.2) is 4.39 Å². The van der Waals surface area contributed by atoms with E-state index in [2.05, 4.69) is 5.32 Å². The van der Waals surface area contributed by atoms with E-state index in [1.807, 2.05) is 13.8 Å². The molecule has 1 heterocycles. The monoisotopic (exact) mass is 280 g/mol. The Hall–Kier alpha value is -1.62. The minimum absolute atomic E-state index is 0.0125. The van der Waals surface area contributed by atoms with Crippen LogP contribution in [-0.4, -0.2) is 43.2 Å². The van der Waals surface area contributed by atoms with Gasteiger partial charge in [0.15, 0.2) is 0 Å². The summed E-state index contributed by atoms with van der Waals surface area (Å²) in [6, 6.07) is 4.63. The molecule has 5 heteroatoms. The number of nitrogens with one attached hydrogen (secondary N) is 1. The molecular weight excluding hydrogens is 259 g/mol. The zero-order valence-corrected chi connectivity index (χ0v) is 12.0. The van der Waals surface area contributed by atoms with E-state index < -0.39 is 0 Å². The van der Waals surface area contributed by atoms with Gasteiger partial charge in [-0.1, -0.05) is 13.0 Å². The van der Waals surface area contributed by atoms with Crippen molar-refractivity contribution >= 4 is 11.6 Å². The maximum atomic E-state index is 13.9. The molecule has 0 aliphatic carbocycles. The van der Waals surface area contributed by atoms with Crippen LogP contribution < -0.4 is 5.32 Å². The van der Waals surface area contributed by atoms with Crippen LogP contribution in [0.3, 0.4) is 0 Å². The second kappa shape index (κ2) is 6.70. The summed E-state index contributed by atoms with van der Waals surface area (Å²) in [5.74, 6) is -0.524. The van der Waals surface area contributed by atoms with Crippen LogP contribution in [0.5, 0.6) is 0 Å². The molecule has 1 unspecified atom stereocenters. The van der Waals surface area contributed by atoms with Crippen LogP contribution in [0.4, 0.5) is 10.1 Å². The molecule has 1 aromatic rings. The third kappa shape index (κ3) is 3.10. The van der Waals surface area contributed by atoms with Gasteiger partial charge in [-0.15, -0.1) is 0 Å². The number of morpholine rings is 1. The number of ether oxygens (including phenoxy) is 1. The summed E-state index contributed by atoms with van der Waals surface area (Å²) in [5.41, 5.74) is 0.699. The predicted molar refractivity (Wildman–Crippen MR) is 76.5 cm³/mol. The van der Waals surface area contributed by atoms with Gasteiger partial charge in [0, 0.05) is 13.1 Å². The van der Waals surface area contributed by atoms with Crippen LogP contribution >= 0.6 is 0 Å². The van der Waals surface area contributed by atoms with Crippen molar-refractivity contribution in [2.45, 2.75) is 26.3 Å². The first kappa shape index (κ1) is 14.8. The summed E-state index contributed by atoms with van der Waals surface area (Å²) >= 11 is 0. The maximum absolute atomic E-state index is 13.9. The number of carbonyl (C=O) groups is 1. The lowest BCUT2D eigenvalue weighted by atomic mass is 10.1. The SMILES string of the molecule is CCCNc1c(F)cccc1C(=O)N1CCOCC1C. The lowest BCUT2D eigenvalue weighted by Gasteiger charge is -2.33. The number of hydrogen-bond donors (Lipinski definition) is 1. The van der Waals surface area contributed by atoms with Crippen molar-refractivity contribution in [2.75, 3.05) is 31.6 Å². The molecule has 1 atom stereocenters. The lowest BCUT2D eigenvalue weighted by molar-refractivity contribution is 0.00363. The van der Waals surface area contributed by atoms with Crippen LogP contribution in [0.1, 0.15) is 30.6 Å². The van der Waals surface area contributed by atoms with Crippen molar-refractivity contribution in [3.05, 3.63) is 29.6 Å². The summed E-state index contributed by atoms with van der Waals surface area (Å²) in [6.07, 6.45) is 0.871. The summed E-state index contributed by atoms with van der Waals surface area (Å²) in [7, 11) is 0. The smallest absolute Gasteiger partial charge is 0.256 e. The van der Waals surface area contributed by atoms with Gasteiger partial charge in [0.05, 0.1) is 30.5 Å². The van der Waals surface area contributed by atoms with E-state index in [1.54, 1.807) is 17.0 Å². The Morgan fingerprint density at radius 1 is 1.55 bits per heavy atom. The number of hydrogen-bond acceptors (Lipinski definition) is 3. The molecule has 0 aromatic heterocycles. The average Bonchev–Trinajstić information content (AvgIpc) is 2.45. The highest BCUT2D eigenvalue weighted by atomic mass is 19.1. The zero-order valence-electron chi connectivity index (χ0n) is 12.0. The highest BCUT2D eigenvalue weighted by molar-refractivity contribution is 6.00. The molecule has 20 heavy (non-hydrogen) atoms. The first-order chi connectivity index (χ1) is 9.65. The van der Waals surface area contributed by atoms with E-state index in [0.29, 0.717) is 37.6 Å². The van der Waals surface area contributed by atoms with Crippen LogP contribution in [0.2, 0.25) is 0 Å². The van der Waals surface area contributed by atoms with Crippen molar-refractivity contribution in [1.29, 1.82) is 0 Å². The van der Waals surface area contributed by atoms with Gasteiger partial charge in [-0.3, -0.25) is 4.79 Å². The molecule has 1 aromatic carbocycles. The standard InChI is InChI=1S/C15H21FN2O2/c1-3-7-17-14-12(5-4-6-13(14)16)15(19)18-8-9-20-10-11(18)2/h4-6,11,17H,3,7-10H2,1-2H3. The maximum Gasteiger partial charge on any atom is 0.256 e. The van der Waals surface area contributed by atoms with Crippen molar-refractivity contribution in [3.8, 4) is 0 Å². The predicted octanol–water partition coefficient (Wildman–Crippen LogP) is 2.51. The van der Waals surface area contributed by atoms with Gasteiger partial charge in [-0.2, -0.15) is 0 Å². The quantitative estimate of drug-likeness (QED) is 0.921. The number of para-hydroxylation sites is 1. The molecule has 0 spiro atoms. The first-order valence-corrected chi connectivity index (χ1v) is 7.06. The Kier molecular flexibility index (Phi) is 4.95. The molecule has 1 aliphatic heterocycles. The summed E-state index contributed by atoms with van der Waals surface area (Å²) in [6.45, 7) is 6.18. The van der Waals surface area contributed by atoms with E-state index in [1.165, 1.54) is 6.07 Å². The molecule has 1 N–H and O–H groups in total. The van der Waals surface area contributed by atoms with Crippen LogP contribution in [-0.2, 0) is 4.74 Å². The van der Waals surface area contributed by atoms with Crippen molar-refractivity contribution in [1.82, 2.24) is 4.90 Å². The van der Waals surface area contributed by atoms with Crippen LogP contribution in [0.15, 0.2) is 18.2 Å². The second-order valence-electron chi connectivity index (χ2n) is 5.01. The Labute approximate surface area is 118 Å². The Morgan fingerprint density at radius 3 is 3.05 bits per heavy atom. The fraction of sp³-hybridized carbons (Fsp3) is 0.533. The van der Waals surface area contributed by atoms with Gasteiger partial charge in [0.2, 0.25) is 0 Å². The molecule has 0 bridgehead atoms. The molecule has 1 saturated heterocycles. The van der Waals surface area contributed by atoms with Gasteiger partial charge in [-0.05, 0) is 25.5 Å². The van der Waals surface area contributed by atoms with Crippen LogP contribution in [0.25, 0.3) is 0 Å². The second-order valence-corrected chi connectivity index (χ2v) is 5.01. The van der Waals surface area contributed by atoms with E-state index in [-0.39, 0.29) is 17.8 Å². The molecule has 1 amide bonds. The van der Waals surface area contributed by atoms with E-state index in [0.717, 1.165) is 6.42 Å². The third-order valence-electron chi connectivity index (χ3n) is 3.42. The molecule has 110 valence electrons. The van der Waals surface area contributed by atoms with E-state index in [4.69, 9.17) is 4.74 Å². The summed E-state index contributed by atoms with van der Waals surface area (Å²) in [5, 5.41) is 3.01. The number of anilines is 1. The van der Waals surface area contributed by atoms with Gasteiger partial charge < -0.3 is 15.0 Å². The Balaban J connectivity index is 2.26. The average molecular weight is 280 g/mol. The minimum atomic E-state index is -0.384. The molecule has 1 fully saturated rings. The molecule has 0 saturated carbocycles. The van der Waals surface area contributed by atoms with Gasteiger partial charge in [0.1, 0.15) is 5.82 Å². The highest BCUT2D eigenvalue weighted by Crippen LogP contribution is 2.23. The zero-order chi connectivity index (χ0) is 14.5. The van der Waals surface area contributed by atoms with E-state index >= 15 is 0 Å². The Morgan fingerprint density at radius 2 is 2.35 bits per heavy atom. The molecular formula is C15H21FN2O2. The number of benzene rings is 1. The normalized spacial score (nSPS) is 18.9. The fourth-order valence-electron chi connectivity index (χ4n) is 2.32. The summed E-state index contributed by atoms with van der Waals surface area (Å²) in [4.78, 5) is 14.4. The van der Waals surface area contributed by atoms with Gasteiger partial charge >= 0.3 is 0 Å². The third-order valence-corrected chi connectivity index (χ3v) is 3.42. The molecule has 0 radical (unpaired) electrons. The molecule has 2 rings (SSSR count). The Bertz CT molecular complexity index is 479. The fourth-order valence-corrected chi connectivity index (χ4v) is 2.32. The highest BCUT2D eigenvalue weighted by Gasteiger charge is 2.27. The van der Waals surface area contributed by atoms with Gasteiger partial charge in [0.25, 0.3) is 5.91 Å². The summed E-state index contributed by atoms with van der Waals surface area (Å²) < 4.78 is 19.3. The number of carbonyl (C=O) groups excluding carboxylic acids is 1. The number of halogens is 1. The van der Waals surface area contributed by atoms with Crippen LogP contribution in [0, 0.1) is 5.82 Å². The topological polar surface area (TPSA) is 41.6 Å².